The van der Waals surface area contributed by atoms with Gasteiger partial charge >= 0.3 is 0 Å². The van der Waals surface area contributed by atoms with Crippen LogP contribution in [0.2, 0.25) is 0 Å². The molecule has 0 radical (unpaired) electrons. The monoisotopic (exact) mass is 691 g/mol. The topological polar surface area (TPSA) is 41.1 Å². The van der Waals surface area contributed by atoms with Crippen molar-refractivity contribution in [3.05, 3.63) is 193 Å². The van der Waals surface area contributed by atoms with E-state index in [0.717, 1.165) is 50.0 Å². The van der Waals surface area contributed by atoms with Gasteiger partial charge in [0, 0.05) is 28.9 Å². The Morgan fingerprint density at radius 3 is 2.00 bits per heavy atom. The van der Waals surface area contributed by atoms with Crippen LogP contribution in [-0.2, 0) is 0 Å². The van der Waals surface area contributed by atoms with Crippen molar-refractivity contribution in [1.82, 2.24) is 4.90 Å². The summed E-state index contributed by atoms with van der Waals surface area (Å²) in [7, 11) is 2.10. The fraction of sp³-hybridized carbons (Fsp3) is 0.0400. The molecule has 0 saturated heterocycles. The van der Waals surface area contributed by atoms with Crippen LogP contribution in [0.3, 0.4) is 0 Å². The van der Waals surface area contributed by atoms with Gasteiger partial charge in [0.25, 0.3) is 0 Å². The number of benzene rings is 9. The van der Waals surface area contributed by atoms with E-state index in [1.165, 1.54) is 48.7 Å². The van der Waals surface area contributed by atoms with Gasteiger partial charge in [0.2, 0.25) is 0 Å². The minimum absolute atomic E-state index is 0.296. The summed E-state index contributed by atoms with van der Waals surface area (Å²) in [5.74, 6) is 1.56. The zero-order valence-corrected chi connectivity index (χ0v) is 29.6. The molecule has 1 aliphatic rings. The van der Waals surface area contributed by atoms with Gasteiger partial charge in [-0.3, -0.25) is 0 Å². The summed E-state index contributed by atoms with van der Waals surface area (Å²) in [4.78, 5) is 13.0. The standard InChI is InChI=1S/C50H33N3O/c1-53-49(37-23-20-31-10-2-3-13-34(31)28-37)51-48(52-50(53)38-25-26-42-35(29-38)22-21-33-12-5-7-16-40(33)42)44-18-9-19-45-47(44)43-27-24-36(30-46(43)54-45)41-17-8-14-32-11-4-6-15-39(32)41/h2-30,49H,1H3. The largest absolute Gasteiger partial charge is 0.456 e. The van der Waals surface area contributed by atoms with E-state index in [9.17, 15) is 0 Å². The molecule has 0 spiro atoms. The Morgan fingerprint density at radius 2 is 1.11 bits per heavy atom. The molecule has 1 aromatic heterocycles. The number of furan rings is 1. The molecule has 0 N–H and O–H groups in total. The molecule has 0 aliphatic carbocycles. The van der Waals surface area contributed by atoms with Crippen LogP contribution in [0.4, 0.5) is 0 Å². The lowest BCUT2D eigenvalue weighted by Gasteiger charge is -2.32. The van der Waals surface area contributed by atoms with Crippen LogP contribution in [0.1, 0.15) is 22.9 Å². The van der Waals surface area contributed by atoms with Gasteiger partial charge in [-0.25, -0.2) is 9.98 Å². The molecule has 1 unspecified atom stereocenters. The van der Waals surface area contributed by atoms with Crippen LogP contribution in [0.5, 0.6) is 0 Å². The van der Waals surface area contributed by atoms with E-state index in [4.69, 9.17) is 14.4 Å². The van der Waals surface area contributed by atoms with E-state index in [1.807, 2.05) is 12.1 Å². The van der Waals surface area contributed by atoms with Crippen molar-refractivity contribution < 1.29 is 4.42 Å². The molecular weight excluding hydrogens is 659 g/mol. The van der Waals surface area contributed by atoms with Gasteiger partial charge in [-0.2, -0.15) is 0 Å². The second-order valence-electron chi connectivity index (χ2n) is 14.2. The third-order valence-corrected chi connectivity index (χ3v) is 11.1. The van der Waals surface area contributed by atoms with Crippen molar-refractivity contribution >= 4 is 76.7 Å². The maximum Gasteiger partial charge on any atom is 0.160 e. The first-order valence-corrected chi connectivity index (χ1v) is 18.4. The summed E-state index contributed by atoms with van der Waals surface area (Å²) in [5.41, 5.74) is 7.07. The molecule has 1 aliphatic heterocycles. The average molecular weight is 692 g/mol. The third kappa shape index (κ3) is 4.84. The van der Waals surface area contributed by atoms with Crippen LogP contribution in [0.25, 0.3) is 76.2 Å². The zero-order chi connectivity index (χ0) is 35.8. The van der Waals surface area contributed by atoms with E-state index < -0.39 is 0 Å². The number of hydrogen-bond acceptors (Lipinski definition) is 4. The Hall–Kier alpha value is -7.04. The van der Waals surface area contributed by atoms with Crippen molar-refractivity contribution in [1.29, 1.82) is 0 Å². The number of fused-ring (bicyclic) bond motifs is 8. The van der Waals surface area contributed by atoms with Gasteiger partial charge in [0.05, 0.1) is 0 Å². The fourth-order valence-corrected chi connectivity index (χ4v) is 8.40. The van der Waals surface area contributed by atoms with Crippen LogP contribution < -0.4 is 0 Å². The minimum Gasteiger partial charge on any atom is -0.456 e. The second-order valence-corrected chi connectivity index (χ2v) is 14.2. The van der Waals surface area contributed by atoms with Crippen LogP contribution in [0, 0.1) is 0 Å². The zero-order valence-electron chi connectivity index (χ0n) is 29.6. The van der Waals surface area contributed by atoms with Gasteiger partial charge in [0.15, 0.2) is 12.0 Å². The highest BCUT2D eigenvalue weighted by Crippen LogP contribution is 2.39. The molecule has 11 rings (SSSR count). The number of hydrogen-bond donors (Lipinski definition) is 0. The van der Waals surface area contributed by atoms with Gasteiger partial charge in [0.1, 0.15) is 17.0 Å². The summed E-state index contributed by atoms with van der Waals surface area (Å²) >= 11 is 0. The molecule has 54 heavy (non-hydrogen) atoms. The van der Waals surface area contributed by atoms with Gasteiger partial charge < -0.3 is 9.32 Å². The quantitative estimate of drug-likeness (QED) is 0.172. The predicted molar refractivity (Wildman–Crippen MR) is 226 cm³/mol. The highest BCUT2D eigenvalue weighted by molar-refractivity contribution is 6.22. The normalized spacial score (nSPS) is 14.8. The maximum atomic E-state index is 6.62. The summed E-state index contributed by atoms with van der Waals surface area (Å²) < 4.78 is 6.62. The molecule has 4 heteroatoms. The number of rotatable bonds is 4. The molecule has 0 bridgehead atoms. The van der Waals surface area contributed by atoms with Crippen molar-refractivity contribution in [3.8, 4) is 11.1 Å². The van der Waals surface area contributed by atoms with E-state index in [1.54, 1.807) is 0 Å². The first-order valence-electron chi connectivity index (χ1n) is 18.4. The van der Waals surface area contributed by atoms with Crippen LogP contribution >= 0.6 is 0 Å². The molecule has 4 nitrogen and oxygen atoms in total. The Kier molecular flexibility index (Phi) is 6.80. The molecule has 0 saturated carbocycles. The Labute approximate surface area is 311 Å². The van der Waals surface area contributed by atoms with Crippen LogP contribution in [0.15, 0.2) is 190 Å². The smallest absolute Gasteiger partial charge is 0.160 e. The second kappa shape index (κ2) is 12.0. The van der Waals surface area contributed by atoms with E-state index in [0.29, 0.717) is 5.84 Å². The SMILES string of the molecule is CN1C(c2ccc3c(ccc4ccccc43)c2)=NC(c2cccc3oc4cc(-c5cccc6ccccc56)ccc4c23)=NC1c1ccc2ccccc2c1. The lowest BCUT2D eigenvalue weighted by Crippen LogP contribution is -2.35. The summed E-state index contributed by atoms with van der Waals surface area (Å²) in [5, 5.41) is 11.8. The van der Waals surface area contributed by atoms with Gasteiger partial charge in [-0.1, -0.05) is 146 Å². The van der Waals surface area contributed by atoms with Crippen molar-refractivity contribution in [2.24, 2.45) is 9.98 Å². The Morgan fingerprint density at radius 1 is 0.463 bits per heavy atom. The number of nitrogens with zero attached hydrogens (tertiary/aromatic N) is 3. The number of aliphatic imine (C=N–C) groups is 2. The van der Waals surface area contributed by atoms with E-state index in [-0.39, 0.29) is 6.17 Å². The van der Waals surface area contributed by atoms with Crippen molar-refractivity contribution in [3.63, 3.8) is 0 Å². The molecule has 1 atom stereocenters. The van der Waals surface area contributed by atoms with Crippen molar-refractivity contribution in [2.75, 3.05) is 7.05 Å². The summed E-state index contributed by atoms with van der Waals surface area (Å²) in [6, 6.07) is 62.6. The average Bonchev–Trinajstić information content (AvgIpc) is 3.61. The maximum absolute atomic E-state index is 6.62. The number of amidine groups is 2. The fourth-order valence-electron chi connectivity index (χ4n) is 8.40. The summed E-state index contributed by atoms with van der Waals surface area (Å²) in [6.45, 7) is 0. The predicted octanol–water partition coefficient (Wildman–Crippen LogP) is 12.7. The molecular formula is C50H33N3O. The first-order chi connectivity index (χ1) is 26.7. The highest BCUT2D eigenvalue weighted by Gasteiger charge is 2.28. The first kappa shape index (κ1) is 30.6. The molecule has 0 amide bonds. The Bertz CT molecular complexity index is 3200. The molecule has 9 aromatic carbocycles. The van der Waals surface area contributed by atoms with Gasteiger partial charge in [-0.15, -0.1) is 0 Å². The lowest BCUT2D eigenvalue weighted by atomic mass is 9.97. The molecule has 254 valence electrons. The van der Waals surface area contributed by atoms with Gasteiger partial charge in [-0.05, 0) is 90.1 Å². The van der Waals surface area contributed by atoms with Crippen LogP contribution in [-0.4, -0.2) is 23.6 Å². The lowest BCUT2D eigenvalue weighted by molar-refractivity contribution is 0.383. The highest BCUT2D eigenvalue weighted by atomic mass is 16.3. The molecule has 0 fully saturated rings. The summed E-state index contributed by atoms with van der Waals surface area (Å²) in [6.07, 6.45) is -0.296. The van der Waals surface area contributed by atoms with E-state index >= 15 is 0 Å². The molecule has 2 heterocycles. The van der Waals surface area contributed by atoms with Crippen molar-refractivity contribution in [2.45, 2.75) is 6.17 Å². The minimum atomic E-state index is -0.296. The van der Waals surface area contributed by atoms with E-state index in [2.05, 4.69) is 176 Å². The third-order valence-electron chi connectivity index (χ3n) is 11.1. The Balaban J connectivity index is 1.10. The molecule has 10 aromatic rings.